The van der Waals surface area contributed by atoms with Gasteiger partial charge in [0.15, 0.2) is 0 Å². The molecule has 1 heterocycles. The molecule has 1 aromatic carbocycles. The first-order valence-electron chi connectivity index (χ1n) is 4.31. The fourth-order valence-corrected chi connectivity index (χ4v) is 1.35. The molecule has 2 rings (SSSR count). The number of aliphatic hydroxyl groups excluding tert-OH is 1. The van der Waals surface area contributed by atoms with Crippen molar-refractivity contribution in [2.75, 3.05) is 0 Å². The number of aromatic nitrogens is 2. The zero-order valence-electron chi connectivity index (χ0n) is 7.67. The lowest BCUT2D eigenvalue weighted by Gasteiger charge is -1.98. The van der Waals surface area contributed by atoms with Gasteiger partial charge in [-0.15, -0.1) is 0 Å². The SMILES string of the molecule is OCc1cnc(-c2ccc(Cl)c(F)c2)[nH]1. The summed E-state index contributed by atoms with van der Waals surface area (Å²) in [5.74, 6) is 0.0192. The molecule has 0 saturated carbocycles. The topological polar surface area (TPSA) is 48.9 Å². The Hall–Kier alpha value is -1.39. The van der Waals surface area contributed by atoms with Gasteiger partial charge in [-0.3, -0.25) is 0 Å². The van der Waals surface area contributed by atoms with Gasteiger partial charge in [0, 0.05) is 5.56 Å². The maximum atomic E-state index is 13.1. The zero-order valence-corrected chi connectivity index (χ0v) is 8.42. The maximum absolute atomic E-state index is 13.1. The molecule has 78 valence electrons. The fourth-order valence-electron chi connectivity index (χ4n) is 1.23. The number of hydrogen-bond acceptors (Lipinski definition) is 2. The molecular weight excluding hydrogens is 219 g/mol. The molecule has 0 spiro atoms. The largest absolute Gasteiger partial charge is 0.390 e. The van der Waals surface area contributed by atoms with Gasteiger partial charge in [0.05, 0.1) is 23.5 Å². The molecule has 0 amide bonds. The number of aromatic amines is 1. The number of benzene rings is 1. The van der Waals surface area contributed by atoms with Crippen molar-refractivity contribution >= 4 is 11.6 Å². The molecule has 2 aromatic rings. The van der Waals surface area contributed by atoms with Gasteiger partial charge in [-0.25, -0.2) is 9.37 Å². The third-order valence-corrected chi connectivity index (χ3v) is 2.30. The minimum Gasteiger partial charge on any atom is -0.390 e. The van der Waals surface area contributed by atoms with Crippen LogP contribution in [0.25, 0.3) is 11.4 Å². The van der Waals surface area contributed by atoms with Gasteiger partial charge < -0.3 is 10.1 Å². The monoisotopic (exact) mass is 226 g/mol. The van der Waals surface area contributed by atoms with Crippen LogP contribution in [0.5, 0.6) is 0 Å². The Bertz CT molecular complexity index is 484. The average Bonchev–Trinajstić information content (AvgIpc) is 2.70. The van der Waals surface area contributed by atoms with Crippen LogP contribution in [-0.4, -0.2) is 15.1 Å². The molecule has 0 saturated heterocycles. The van der Waals surface area contributed by atoms with Gasteiger partial charge in [-0.1, -0.05) is 11.6 Å². The number of aliphatic hydroxyl groups is 1. The Labute approximate surface area is 90.5 Å². The summed E-state index contributed by atoms with van der Waals surface area (Å²) >= 11 is 5.55. The van der Waals surface area contributed by atoms with Gasteiger partial charge in [-0.05, 0) is 18.2 Å². The molecule has 0 aliphatic carbocycles. The van der Waals surface area contributed by atoms with Crippen molar-refractivity contribution in [2.45, 2.75) is 6.61 Å². The van der Waals surface area contributed by atoms with Gasteiger partial charge >= 0.3 is 0 Å². The van der Waals surface area contributed by atoms with Crippen LogP contribution in [0, 0.1) is 5.82 Å². The summed E-state index contributed by atoms with van der Waals surface area (Å²) in [7, 11) is 0. The van der Waals surface area contributed by atoms with Crippen LogP contribution in [-0.2, 0) is 6.61 Å². The Kier molecular flexibility index (Phi) is 2.70. The van der Waals surface area contributed by atoms with E-state index in [1.54, 1.807) is 6.07 Å². The van der Waals surface area contributed by atoms with Crippen LogP contribution >= 0.6 is 11.6 Å². The lowest BCUT2D eigenvalue weighted by molar-refractivity contribution is 0.277. The van der Waals surface area contributed by atoms with Crippen LogP contribution in [0.4, 0.5) is 4.39 Å². The van der Waals surface area contributed by atoms with E-state index in [1.807, 2.05) is 0 Å². The van der Waals surface area contributed by atoms with Crippen LogP contribution in [0.15, 0.2) is 24.4 Å². The molecule has 0 aliphatic rings. The second-order valence-electron chi connectivity index (χ2n) is 3.04. The summed E-state index contributed by atoms with van der Waals surface area (Å²) in [6.45, 7) is -0.122. The predicted molar refractivity (Wildman–Crippen MR) is 54.9 cm³/mol. The molecule has 0 fully saturated rings. The van der Waals surface area contributed by atoms with Crippen LogP contribution in [0.2, 0.25) is 5.02 Å². The summed E-state index contributed by atoms with van der Waals surface area (Å²) < 4.78 is 13.1. The minimum atomic E-state index is -0.490. The number of hydrogen-bond donors (Lipinski definition) is 2. The highest BCUT2D eigenvalue weighted by atomic mass is 35.5. The fraction of sp³-hybridized carbons (Fsp3) is 0.100. The van der Waals surface area contributed by atoms with Gasteiger partial charge in [0.2, 0.25) is 0 Å². The molecule has 5 heteroatoms. The van der Waals surface area contributed by atoms with E-state index in [4.69, 9.17) is 16.7 Å². The first-order valence-corrected chi connectivity index (χ1v) is 4.68. The number of nitrogens with zero attached hydrogens (tertiary/aromatic N) is 1. The third-order valence-electron chi connectivity index (χ3n) is 1.99. The van der Waals surface area contributed by atoms with E-state index in [1.165, 1.54) is 18.3 Å². The Morgan fingerprint density at radius 3 is 2.87 bits per heavy atom. The van der Waals surface area contributed by atoms with E-state index in [0.29, 0.717) is 17.1 Å². The lowest BCUT2D eigenvalue weighted by Crippen LogP contribution is -1.85. The molecule has 2 N–H and O–H groups in total. The summed E-state index contributed by atoms with van der Waals surface area (Å²) in [5.41, 5.74) is 1.18. The molecule has 0 bridgehead atoms. The molecule has 1 aromatic heterocycles. The van der Waals surface area contributed by atoms with E-state index in [-0.39, 0.29) is 11.6 Å². The molecule has 3 nitrogen and oxygen atoms in total. The van der Waals surface area contributed by atoms with E-state index in [0.717, 1.165) is 0 Å². The van der Waals surface area contributed by atoms with Crippen molar-refractivity contribution in [3.05, 3.63) is 40.9 Å². The van der Waals surface area contributed by atoms with Crippen LogP contribution < -0.4 is 0 Å². The number of H-pyrrole nitrogens is 1. The summed E-state index contributed by atoms with van der Waals surface area (Å²) in [4.78, 5) is 6.86. The van der Waals surface area contributed by atoms with Crippen molar-refractivity contribution in [2.24, 2.45) is 0 Å². The summed E-state index contributed by atoms with van der Waals surface area (Å²) in [6, 6.07) is 4.42. The lowest BCUT2D eigenvalue weighted by atomic mass is 10.2. The van der Waals surface area contributed by atoms with Crippen LogP contribution in [0.1, 0.15) is 5.69 Å². The highest BCUT2D eigenvalue weighted by molar-refractivity contribution is 6.30. The third kappa shape index (κ3) is 2.00. The molecule has 15 heavy (non-hydrogen) atoms. The van der Waals surface area contributed by atoms with E-state index < -0.39 is 5.82 Å². The highest BCUT2D eigenvalue weighted by Crippen LogP contribution is 2.21. The molecular formula is C10H8ClFN2O. The van der Waals surface area contributed by atoms with Crippen LogP contribution in [0.3, 0.4) is 0 Å². The first-order chi connectivity index (χ1) is 7.20. The van der Waals surface area contributed by atoms with E-state index >= 15 is 0 Å². The second kappa shape index (κ2) is 4.00. The minimum absolute atomic E-state index is 0.0766. The Balaban J connectivity index is 2.40. The standard InChI is InChI=1S/C10H8ClFN2O/c11-8-2-1-6(3-9(8)12)10-13-4-7(5-15)14-10/h1-4,15H,5H2,(H,13,14). The highest BCUT2D eigenvalue weighted by Gasteiger charge is 2.06. The Morgan fingerprint density at radius 1 is 1.47 bits per heavy atom. The van der Waals surface area contributed by atoms with E-state index in [2.05, 4.69) is 9.97 Å². The average molecular weight is 227 g/mol. The predicted octanol–water partition coefficient (Wildman–Crippen LogP) is 2.36. The van der Waals surface area contributed by atoms with Crippen molar-refractivity contribution < 1.29 is 9.50 Å². The molecule has 0 aliphatic heterocycles. The summed E-state index contributed by atoms with van der Waals surface area (Å²) in [6.07, 6.45) is 1.50. The number of halogens is 2. The maximum Gasteiger partial charge on any atom is 0.142 e. The summed E-state index contributed by atoms with van der Waals surface area (Å²) in [5, 5.41) is 8.91. The van der Waals surface area contributed by atoms with Crippen molar-refractivity contribution in [1.29, 1.82) is 0 Å². The van der Waals surface area contributed by atoms with Crippen molar-refractivity contribution in [3.8, 4) is 11.4 Å². The quantitative estimate of drug-likeness (QED) is 0.826. The van der Waals surface area contributed by atoms with Gasteiger partial charge in [0.25, 0.3) is 0 Å². The zero-order chi connectivity index (χ0) is 10.8. The first kappa shape index (κ1) is 10.1. The molecule has 0 unspecified atom stereocenters. The number of imidazole rings is 1. The van der Waals surface area contributed by atoms with Crippen molar-refractivity contribution in [3.63, 3.8) is 0 Å². The van der Waals surface area contributed by atoms with Gasteiger partial charge in [-0.2, -0.15) is 0 Å². The molecule has 0 atom stereocenters. The van der Waals surface area contributed by atoms with Gasteiger partial charge in [0.1, 0.15) is 11.6 Å². The number of nitrogens with one attached hydrogen (secondary N) is 1. The van der Waals surface area contributed by atoms with E-state index in [9.17, 15) is 4.39 Å². The Morgan fingerprint density at radius 2 is 2.27 bits per heavy atom. The normalized spacial score (nSPS) is 10.6. The van der Waals surface area contributed by atoms with Crippen molar-refractivity contribution in [1.82, 2.24) is 9.97 Å². The molecule has 0 radical (unpaired) electrons. The second-order valence-corrected chi connectivity index (χ2v) is 3.45. The number of rotatable bonds is 2. The smallest absolute Gasteiger partial charge is 0.142 e.